The number of rotatable bonds is 6. The molecule has 34 heavy (non-hydrogen) atoms. The maximum Gasteiger partial charge on any atom is 0.260 e. The molecule has 8 heteroatoms. The Labute approximate surface area is 206 Å². The molecule has 2 aliphatic rings. The molecule has 2 aliphatic heterocycles. The second-order valence-corrected chi connectivity index (χ2v) is 10.2. The first-order valence-corrected chi connectivity index (χ1v) is 12.4. The van der Waals surface area contributed by atoms with E-state index in [1.165, 1.54) is 16.9 Å². The number of likely N-dealkylation sites (tertiary alicyclic amines) is 1. The zero-order chi connectivity index (χ0) is 23.7. The maximum atomic E-state index is 12.7. The number of carbonyl (C=O) groups is 2. The number of benzene rings is 2. The van der Waals surface area contributed by atoms with Crippen LogP contribution in [0.25, 0.3) is 16.0 Å². The molecule has 0 unspecified atom stereocenters. The monoisotopic (exact) mass is 493 g/mol. The smallest absolute Gasteiger partial charge is 0.260 e. The Morgan fingerprint density at radius 2 is 1.91 bits per heavy atom. The maximum absolute atomic E-state index is 12.7. The standard InChI is InChI=1S/C26H24ClN3O3S/c27-24-10-9-23(34-24)17-5-8-20-21(12-17)22(26(33)29-25(20)32)13-28-18-6-3-16(4-7-18)14-30-11-1-2-19(30)15-31/h3-10,12-13,19,28,31H,1-2,11,14-15H2,(H,29,32,33)/b22-13-/t19-/m0/s1. The summed E-state index contributed by atoms with van der Waals surface area (Å²) in [7, 11) is 0. The lowest BCUT2D eigenvalue weighted by Crippen LogP contribution is -2.36. The SMILES string of the molecule is O=C1NC(=O)c2ccc(-c3ccc(Cl)s3)cc2/C1=C/Nc1ccc(CN2CCC[C@H]2CO)cc1. The van der Waals surface area contributed by atoms with Gasteiger partial charge < -0.3 is 10.4 Å². The van der Waals surface area contributed by atoms with Crippen LogP contribution in [0, 0.1) is 0 Å². The number of carbonyl (C=O) groups excluding carboxylic acids is 2. The molecule has 3 aromatic rings. The number of thiophene rings is 1. The first-order valence-electron chi connectivity index (χ1n) is 11.2. The molecule has 6 nitrogen and oxygen atoms in total. The van der Waals surface area contributed by atoms with Gasteiger partial charge in [0, 0.05) is 40.5 Å². The van der Waals surface area contributed by atoms with E-state index in [4.69, 9.17) is 11.6 Å². The topological polar surface area (TPSA) is 81.7 Å². The molecule has 0 radical (unpaired) electrons. The van der Waals surface area contributed by atoms with E-state index in [1.54, 1.807) is 12.3 Å². The lowest BCUT2D eigenvalue weighted by atomic mass is 9.93. The van der Waals surface area contributed by atoms with Crippen molar-refractivity contribution in [2.75, 3.05) is 18.5 Å². The highest BCUT2D eigenvalue weighted by Crippen LogP contribution is 2.34. The van der Waals surface area contributed by atoms with Gasteiger partial charge in [-0.1, -0.05) is 29.8 Å². The van der Waals surface area contributed by atoms with Crippen LogP contribution in [-0.2, 0) is 11.3 Å². The average molecular weight is 494 g/mol. The van der Waals surface area contributed by atoms with Gasteiger partial charge in [-0.2, -0.15) is 0 Å². The van der Waals surface area contributed by atoms with E-state index in [0.717, 1.165) is 42.1 Å². The number of amides is 2. The van der Waals surface area contributed by atoms with Crippen molar-refractivity contribution in [3.05, 3.63) is 81.8 Å². The summed E-state index contributed by atoms with van der Waals surface area (Å²) < 4.78 is 0.680. The van der Waals surface area contributed by atoms with E-state index < -0.39 is 11.8 Å². The molecular formula is C26H24ClN3O3S. The van der Waals surface area contributed by atoms with E-state index in [1.807, 2.05) is 48.5 Å². The van der Waals surface area contributed by atoms with Gasteiger partial charge in [-0.05, 0) is 66.9 Å². The minimum Gasteiger partial charge on any atom is -0.395 e. The predicted octanol–water partition coefficient (Wildman–Crippen LogP) is 4.75. The molecule has 0 bridgehead atoms. The van der Waals surface area contributed by atoms with Gasteiger partial charge in [0.05, 0.1) is 16.5 Å². The van der Waals surface area contributed by atoms with E-state index in [2.05, 4.69) is 15.5 Å². The summed E-state index contributed by atoms with van der Waals surface area (Å²) in [4.78, 5) is 28.3. The quantitative estimate of drug-likeness (QED) is 0.341. The summed E-state index contributed by atoms with van der Waals surface area (Å²) in [5.41, 5.74) is 4.35. The third-order valence-electron chi connectivity index (χ3n) is 6.32. The van der Waals surface area contributed by atoms with E-state index >= 15 is 0 Å². The summed E-state index contributed by atoms with van der Waals surface area (Å²) in [5.74, 6) is -0.840. The summed E-state index contributed by atoms with van der Waals surface area (Å²) >= 11 is 7.53. The van der Waals surface area contributed by atoms with Crippen LogP contribution in [0.2, 0.25) is 4.34 Å². The number of fused-ring (bicyclic) bond motifs is 1. The van der Waals surface area contributed by atoms with Gasteiger partial charge in [-0.3, -0.25) is 19.8 Å². The summed E-state index contributed by atoms with van der Waals surface area (Å²) in [6.07, 6.45) is 3.80. The first kappa shape index (κ1) is 22.8. The molecule has 2 aromatic carbocycles. The second kappa shape index (κ2) is 9.72. The third-order valence-corrected chi connectivity index (χ3v) is 7.60. The fourth-order valence-electron chi connectivity index (χ4n) is 4.50. The Hall–Kier alpha value is -2.97. The van der Waals surface area contributed by atoms with Gasteiger partial charge in [0.25, 0.3) is 11.8 Å². The number of aliphatic hydroxyl groups excluding tert-OH is 1. The third kappa shape index (κ3) is 4.65. The van der Waals surface area contributed by atoms with Crippen LogP contribution in [0.3, 0.4) is 0 Å². The number of anilines is 1. The molecule has 1 saturated heterocycles. The number of imide groups is 1. The molecule has 5 rings (SSSR count). The lowest BCUT2D eigenvalue weighted by molar-refractivity contribution is -0.114. The molecule has 1 aromatic heterocycles. The van der Waals surface area contributed by atoms with Crippen molar-refractivity contribution in [3.8, 4) is 10.4 Å². The fourth-order valence-corrected chi connectivity index (χ4v) is 5.54. The Morgan fingerprint density at radius 3 is 2.65 bits per heavy atom. The summed E-state index contributed by atoms with van der Waals surface area (Å²) in [6, 6.07) is 17.5. The van der Waals surface area contributed by atoms with Crippen molar-refractivity contribution in [1.82, 2.24) is 10.2 Å². The highest BCUT2D eigenvalue weighted by atomic mass is 35.5. The van der Waals surface area contributed by atoms with Crippen molar-refractivity contribution >= 4 is 46.0 Å². The first-order chi connectivity index (χ1) is 16.5. The van der Waals surface area contributed by atoms with Gasteiger partial charge in [-0.15, -0.1) is 11.3 Å². The zero-order valence-corrected chi connectivity index (χ0v) is 20.0. The molecule has 0 spiro atoms. The highest BCUT2D eigenvalue weighted by Gasteiger charge is 2.28. The number of halogens is 1. The number of nitrogens with one attached hydrogen (secondary N) is 2. The molecular weight excluding hydrogens is 470 g/mol. The minimum absolute atomic E-state index is 0.195. The van der Waals surface area contributed by atoms with E-state index in [0.29, 0.717) is 21.0 Å². The van der Waals surface area contributed by atoms with Gasteiger partial charge in [0.2, 0.25) is 0 Å². The van der Waals surface area contributed by atoms with Crippen molar-refractivity contribution in [2.45, 2.75) is 25.4 Å². The Morgan fingerprint density at radius 1 is 1.09 bits per heavy atom. The highest BCUT2D eigenvalue weighted by molar-refractivity contribution is 7.19. The number of hydrogen-bond donors (Lipinski definition) is 3. The van der Waals surface area contributed by atoms with Crippen LogP contribution in [0.15, 0.2) is 60.8 Å². The molecule has 1 atom stereocenters. The Kier molecular flexibility index (Phi) is 6.52. The van der Waals surface area contributed by atoms with E-state index in [9.17, 15) is 14.7 Å². The molecule has 0 aliphatic carbocycles. The van der Waals surface area contributed by atoms with Crippen molar-refractivity contribution in [3.63, 3.8) is 0 Å². The summed E-state index contributed by atoms with van der Waals surface area (Å²) in [6.45, 7) is 2.00. The second-order valence-electron chi connectivity index (χ2n) is 8.50. The van der Waals surface area contributed by atoms with Crippen LogP contribution in [0.4, 0.5) is 5.69 Å². The molecule has 3 N–H and O–H groups in total. The number of aliphatic hydroxyl groups is 1. The van der Waals surface area contributed by atoms with Gasteiger partial charge in [0.15, 0.2) is 0 Å². The summed E-state index contributed by atoms with van der Waals surface area (Å²) in [5, 5.41) is 15.1. The number of hydrogen-bond acceptors (Lipinski definition) is 6. The average Bonchev–Trinajstić information content (AvgIpc) is 3.48. The number of nitrogens with zero attached hydrogens (tertiary/aromatic N) is 1. The van der Waals surface area contributed by atoms with Crippen LogP contribution in [0.5, 0.6) is 0 Å². The van der Waals surface area contributed by atoms with Crippen molar-refractivity contribution < 1.29 is 14.7 Å². The van der Waals surface area contributed by atoms with Crippen molar-refractivity contribution in [1.29, 1.82) is 0 Å². The van der Waals surface area contributed by atoms with Crippen LogP contribution in [-0.4, -0.2) is 41.0 Å². The normalized spacial score (nSPS) is 19.4. The largest absolute Gasteiger partial charge is 0.395 e. The molecule has 3 heterocycles. The fraction of sp³-hybridized carbons (Fsp3) is 0.231. The van der Waals surface area contributed by atoms with Crippen LogP contribution >= 0.6 is 22.9 Å². The Bertz CT molecular complexity index is 1270. The molecule has 2 amide bonds. The van der Waals surface area contributed by atoms with E-state index in [-0.39, 0.29) is 12.6 Å². The molecule has 0 saturated carbocycles. The van der Waals surface area contributed by atoms with Gasteiger partial charge in [-0.25, -0.2) is 0 Å². The zero-order valence-electron chi connectivity index (χ0n) is 18.4. The van der Waals surface area contributed by atoms with Gasteiger partial charge in [0.1, 0.15) is 0 Å². The van der Waals surface area contributed by atoms with Crippen molar-refractivity contribution in [2.24, 2.45) is 0 Å². The van der Waals surface area contributed by atoms with Crippen LogP contribution < -0.4 is 10.6 Å². The molecule has 174 valence electrons. The lowest BCUT2D eigenvalue weighted by Gasteiger charge is -2.22. The van der Waals surface area contributed by atoms with Crippen LogP contribution in [0.1, 0.15) is 34.3 Å². The Balaban J connectivity index is 1.37. The molecule has 1 fully saturated rings. The van der Waals surface area contributed by atoms with Gasteiger partial charge >= 0.3 is 0 Å². The minimum atomic E-state index is -0.438. The predicted molar refractivity (Wildman–Crippen MR) is 136 cm³/mol.